The van der Waals surface area contributed by atoms with Crippen molar-refractivity contribution >= 4 is 34.2 Å². The van der Waals surface area contributed by atoms with Crippen molar-refractivity contribution in [3.63, 3.8) is 0 Å². The summed E-state index contributed by atoms with van der Waals surface area (Å²) in [6.45, 7) is 2.14. The van der Waals surface area contributed by atoms with Crippen molar-refractivity contribution in [2.45, 2.75) is 19.2 Å². The van der Waals surface area contributed by atoms with Crippen molar-refractivity contribution in [1.29, 1.82) is 0 Å². The molecule has 2 aromatic carbocycles. The number of para-hydroxylation sites is 1. The molecular formula is C16H14Cl2N2. The average Bonchev–Trinajstić information content (AvgIpc) is 2.87. The third-order valence-corrected chi connectivity index (χ3v) is 3.94. The van der Waals surface area contributed by atoms with Crippen LogP contribution in [0.25, 0.3) is 16.7 Å². The molecule has 1 heterocycles. The minimum atomic E-state index is 0.349. The van der Waals surface area contributed by atoms with Crippen LogP contribution in [-0.2, 0) is 12.3 Å². The number of nitrogens with zero attached hydrogens (tertiary/aromatic N) is 2. The Hall–Kier alpha value is -1.51. The molecule has 0 bridgehead atoms. The molecule has 0 fully saturated rings. The van der Waals surface area contributed by atoms with Gasteiger partial charge >= 0.3 is 0 Å². The molecule has 0 aliphatic heterocycles. The van der Waals surface area contributed by atoms with Gasteiger partial charge in [0, 0.05) is 5.69 Å². The Balaban J connectivity index is 2.33. The normalized spacial score (nSPS) is 11.2. The monoisotopic (exact) mass is 304 g/mol. The second-order valence-electron chi connectivity index (χ2n) is 4.63. The van der Waals surface area contributed by atoms with Crippen molar-refractivity contribution in [3.8, 4) is 5.69 Å². The Morgan fingerprint density at radius 1 is 1.15 bits per heavy atom. The zero-order valence-corrected chi connectivity index (χ0v) is 12.6. The molecule has 0 spiro atoms. The molecule has 0 unspecified atom stereocenters. The molecule has 0 N–H and O–H groups in total. The molecule has 1 aromatic heterocycles. The summed E-state index contributed by atoms with van der Waals surface area (Å²) >= 11 is 12.4. The molecule has 3 rings (SSSR count). The molecule has 3 aromatic rings. The lowest BCUT2D eigenvalue weighted by atomic mass is 10.1. The number of benzene rings is 2. The van der Waals surface area contributed by atoms with E-state index in [0.717, 1.165) is 29.0 Å². The van der Waals surface area contributed by atoms with Crippen molar-refractivity contribution in [2.24, 2.45) is 0 Å². The van der Waals surface area contributed by atoms with Crippen LogP contribution < -0.4 is 0 Å². The SMILES string of the molecule is CCc1cccc(-n2c(CCl)nc3cccc(Cl)c32)c1. The molecular weight excluding hydrogens is 291 g/mol. The standard InChI is InChI=1S/C16H14Cl2N2/c1-2-11-5-3-6-12(9-11)20-15(10-17)19-14-8-4-7-13(18)16(14)20/h3-9H,2,10H2,1H3. The van der Waals surface area contributed by atoms with Crippen LogP contribution in [0.5, 0.6) is 0 Å². The van der Waals surface area contributed by atoms with Crippen molar-refractivity contribution in [3.05, 3.63) is 58.9 Å². The van der Waals surface area contributed by atoms with Crippen LogP contribution in [0.3, 0.4) is 0 Å². The summed E-state index contributed by atoms with van der Waals surface area (Å²) in [6, 6.07) is 14.1. The van der Waals surface area contributed by atoms with E-state index in [1.807, 2.05) is 22.8 Å². The van der Waals surface area contributed by atoms with Gasteiger partial charge in [0.2, 0.25) is 0 Å². The molecule has 0 amide bonds. The second kappa shape index (κ2) is 5.47. The third-order valence-electron chi connectivity index (χ3n) is 3.39. The lowest BCUT2D eigenvalue weighted by Gasteiger charge is -2.10. The first-order valence-corrected chi connectivity index (χ1v) is 7.47. The minimum Gasteiger partial charge on any atom is -0.294 e. The third kappa shape index (κ3) is 2.19. The topological polar surface area (TPSA) is 17.8 Å². The molecule has 0 aliphatic rings. The Bertz CT molecular complexity index is 762. The minimum absolute atomic E-state index is 0.349. The molecule has 0 saturated heterocycles. The molecule has 0 atom stereocenters. The largest absolute Gasteiger partial charge is 0.294 e. The van der Waals surface area contributed by atoms with Crippen LogP contribution in [0.1, 0.15) is 18.3 Å². The highest BCUT2D eigenvalue weighted by Crippen LogP contribution is 2.28. The van der Waals surface area contributed by atoms with E-state index in [0.29, 0.717) is 10.9 Å². The maximum Gasteiger partial charge on any atom is 0.129 e. The van der Waals surface area contributed by atoms with E-state index in [1.165, 1.54) is 5.56 Å². The summed E-state index contributed by atoms with van der Waals surface area (Å²) < 4.78 is 2.05. The van der Waals surface area contributed by atoms with Crippen LogP contribution in [0.2, 0.25) is 5.02 Å². The van der Waals surface area contributed by atoms with Crippen molar-refractivity contribution in [2.75, 3.05) is 0 Å². The average molecular weight is 305 g/mol. The molecule has 2 nitrogen and oxygen atoms in total. The zero-order valence-electron chi connectivity index (χ0n) is 11.1. The molecule has 0 aliphatic carbocycles. The molecule has 20 heavy (non-hydrogen) atoms. The first-order valence-electron chi connectivity index (χ1n) is 6.55. The fourth-order valence-corrected chi connectivity index (χ4v) is 2.85. The van der Waals surface area contributed by atoms with E-state index in [9.17, 15) is 0 Å². The van der Waals surface area contributed by atoms with Crippen LogP contribution in [0.4, 0.5) is 0 Å². The highest BCUT2D eigenvalue weighted by molar-refractivity contribution is 6.35. The molecule has 4 heteroatoms. The summed E-state index contributed by atoms with van der Waals surface area (Å²) in [7, 11) is 0. The van der Waals surface area contributed by atoms with E-state index < -0.39 is 0 Å². The molecule has 0 saturated carbocycles. The predicted molar refractivity (Wildman–Crippen MR) is 85.0 cm³/mol. The van der Waals surface area contributed by atoms with Gasteiger partial charge in [0.25, 0.3) is 0 Å². The second-order valence-corrected chi connectivity index (χ2v) is 5.30. The highest BCUT2D eigenvalue weighted by Gasteiger charge is 2.14. The maximum atomic E-state index is 6.35. The summed E-state index contributed by atoms with van der Waals surface area (Å²) in [5.41, 5.74) is 4.11. The quantitative estimate of drug-likeness (QED) is 0.624. The van der Waals surface area contributed by atoms with Gasteiger partial charge in [-0.3, -0.25) is 4.57 Å². The van der Waals surface area contributed by atoms with Gasteiger partial charge in [0.05, 0.1) is 21.9 Å². The number of fused-ring (bicyclic) bond motifs is 1. The van der Waals surface area contributed by atoms with E-state index in [1.54, 1.807) is 0 Å². The lowest BCUT2D eigenvalue weighted by Crippen LogP contribution is -2.00. The van der Waals surface area contributed by atoms with Gasteiger partial charge in [-0.1, -0.05) is 36.7 Å². The number of aryl methyl sites for hydroxylation is 1. The Labute approximate surface area is 128 Å². The number of aromatic nitrogens is 2. The highest BCUT2D eigenvalue weighted by atomic mass is 35.5. The van der Waals surface area contributed by atoms with Crippen LogP contribution in [-0.4, -0.2) is 9.55 Å². The zero-order chi connectivity index (χ0) is 14.1. The first kappa shape index (κ1) is 13.5. The Morgan fingerprint density at radius 3 is 2.70 bits per heavy atom. The number of halogens is 2. The van der Waals surface area contributed by atoms with Gasteiger partial charge in [-0.05, 0) is 36.2 Å². The van der Waals surface area contributed by atoms with Gasteiger partial charge in [0.1, 0.15) is 5.82 Å². The number of rotatable bonds is 3. The van der Waals surface area contributed by atoms with E-state index >= 15 is 0 Å². The fraction of sp³-hybridized carbons (Fsp3) is 0.188. The summed E-state index contributed by atoms with van der Waals surface area (Å²) in [6.07, 6.45) is 0.990. The lowest BCUT2D eigenvalue weighted by molar-refractivity contribution is 0.975. The van der Waals surface area contributed by atoms with Gasteiger partial charge in [-0.15, -0.1) is 11.6 Å². The predicted octanol–water partition coefficient (Wildman–Crippen LogP) is 4.98. The van der Waals surface area contributed by atoms with Crippen molar-refractivity contribution < 1.29 is 0 Å². The Morgan fingerprint density at radius 2 is 1.95 bits per heavy atom. The van der Waals surface area contributed by atoms with E-state index in [4.69, 9.17) is 23.2 Å². The fourth-order valence-electron chi connectivity index (χ4n) is 2.42. The number of hydrogen-bond donors (Lipinski definition) is 0. The van der Waals surface area contributed by atoms with Crippen LogP contribution in [0, 0.1) is 0 Å². The van der Waals surface area contributed by atoms with Gasteiger partial charge in [-0.2, -0.15) is 0 Å². The first-order chi connectivity index (χ1) is 9.74. The Kier molecular flexibility index (Phi) is 3.68. The summed E-state index contributed by atoms with van der Waals surface area (Å²) in [4.78, 5) is 4.57. The number of imidazole rings is 1. The molecule has 0 radical (unpaired) electrons. The summed E-state index contributed by atoms with van der Waals surface area (Å²) in [5.74, 6) is 1.16. The van der Waals surface area contributed by atoms with Crippen LogP contribution in [0.15, 0.2) is 42.5 Å². The maximum absolute atomic E-state index is 6.35. The van der Waals surface area contributed by atoms with Gasteiger partial charge in [-0.25, -0.2) is 4.98 Å². The van der Waals surface area contributed by atoms with Crippen molar-refractivity contribution in [1.82, 2.24) is 9.55 Å². The van der Waals surface area contributed by atoms with Gasteiger partial charge in [0.15, 0.2) is 0 Å². The smallest absolute Gasteiger partial charge is 0.129 e. The molecule has 102 valence electrons. The summed E-state index contributed by atoms with van der Waals surface area (Å²) in [5, 5.41) is 0.688. The van der Waals surface area contributed by atoms with Crippen LogP contribution >= 0.6 is 23.2 Å². The van der Waals surface area contributed by atoms with E-state index in [-0.39, 0.29) is 0 Å². The number of alkyl halides is 1. The van der Waals surface area contributed by atoms with E-state index in [2.05, 4.69) is 36.2 Å². The number of hydrogen-bond acceptors (Lipinski definition) is 1. The van der Waals surface area contributed by atoms with Gasteiger partial charge < -0.3 is 0 Å².